The summed E-state index contributed by atoms with van der Waals surface area (Å²) in [5.41, 5.74) is 14.9. The Labute approximate surface area is 439 Å². The minimum absolute atomic E-state index is 0.156. The third-order valence-electron chi connectivity index (χ3n) is 12.0. The van der Waals surface area contributed by atoms with Gasteiger partial charge in [0.25, 0.3) is 3.79 Å². The van der Waals surface area contributed by atoms with Crippen LogP contribution in [0.3, 0.4) is 0 Å². The van der Waals surface area contributed by atoms with Crippen LogP contribution in [0.25, 0.3) is 21.6 Å². The number of fused-ring (bicyclic) bond motifs is 3. The van der Waals surface area contributed by atoms with E-state index in [1.165, 1.54) is 6.92 Å². The van der Waals surface area contributed by atoms with Crippen LogP contribution in [0, 0.1) is 5.41 Å². The first-order valence-corrected chi connectivity index (χ1v) is 24.2. The van der Waals surface area contributed by atoms with E-state index in [1.54, 1.807) is 60.7 Å². The second kappa shape index (κ2) is 25.8. The summed E-state index contributed by atoms with van der Waals surface area (Å²) in [6.45, 7) is 1.09. The summed E-state index contributed by atoms with van der Waals surface area (Å²) in [4.78, 5) is 69.0. The van der Waals surface area contributed by atoms with Crippen molar-refractivity contribution in [2.75, 3.05) is 20.3 Å². The van der Waals surface area contributed by atoms with Gasteiger partial charge >= 0.3 is 24.1 Å². The van der Waals surface area contributed by atoms with Gasteiger partial charge in [-0.25, -0.2) is 9.59 Å². The molecule has 4 aromatic rings. The van der Waals surface area contributed by atoms with Gasteiger partial charge in [-0.1, -0.05) is 149 Å². The number of esters is 3. The standard InChI is InChI=1S/C51H51Cl3N4O16/c1-28(59)22-23-38(61)65-27-37-40(41(66-24-30-14-6-4-7-15-30)39(57-58-56)47(70-37)74-49(55)51(52,53)54)71-48-45(69-29(2)60)42(67-25-31-16-8-5-9-17-31)43(44(72-48)46(62)64-3)73-50(63)68-26-36-34-20-12-10-18-32(34)33-19-11-13-21-35(33)36/h4-21,36-37,39-45,47-48,55H,22-27H2,1-3H3/t37-,39-,40-,41-,42+,43+,44-,45-,47?,48-/m1/s1. The van der Waals surface area contributed by atoms with E-state index in [0.29, 0.717) is 11.1 Å². The second-order valence-corrected chi connectivity index (χ2v) is 19.4. The monoisotopic (exact) mass is 1080 g/mol. The third kappa shape index (κ3) is 14.1. The number of rotatable bonds is 20. The van der Waals surface area contributed by atoms with Crippen molar-refractivity contribution in [3.05, 3.63) is 142 Å². The van der Waals surface area contributed by atoms with Crippen LogP contribution >= 0.6 is 34.8 Å². The predicted molar refractivity (Wildman–Crippen MR) is 263 cm³/mol. The maximum atomic E-state index is 14.0. The van der Waals surface area contributed by atoms with Gasteiger partial charge in [-0.2, -0.15) is 0 Å². The molecule has 0 bridgehead atoms. The number of carbonyl (C=O) groups excluding carboxylic acids is 5. The van der Waals surface area contributed by atoms with E-state index in [-0.39, 0.29) is 44.4 Å². The molecule has 1 aliphatic carbocycles. The molecule has 0 amide bonds. The van der Waals surface area contributed by atoms with Gasteiger partial charge in [-0.3, -0.25) is 15.0 Å². The number of Topliss-reactive ketones (excluding diaryl/α,β-unsaturated/α-hetero) is 1. The first-order chi connectivity index (χ1) is 35.6. The molecular formula is C51H51Cl3N4O16. The Kier molecular flexibility index (Phi) is 19.3. The lowest BCUT2D eigenvalue weighted by molar-refractivity contribution is -0.346. The number of ether oxygens (including phenoxy) is 11. The molecule has 1 unspecified atom stereocenters. The van der Waals surface area contributed by atoms with E-state index < -0.39 is 102 Å². The largest absolute Gasteiger partial charge is 0.508 e. The third-order valence-corrected chi connectivity index (χ3v) is 12.6. The molecule has 0 spiro atoms. The summed E-state index contributed by atoms with van der Waals surface area (Å²) in [5.74, 6) is -4.48. The second-order valence-electron chi connectivity index (χ2n) is 17.1. The number of hydrogen-bond acceptors (Lipinski definition) is 18. The summed E-state index contributed by atoms with van der Waals surface area (Å²) in [7, 11) is 1.06. The van der Waals surface area contributed by atoms with Crippen molar-refractivity contribution in [2.45, 2.75) is 111 Å². The molecule has 10 atom stereocenters. The molecule has 0 saturated carbocycles. The van der Waals surface area contributed by atoms with Crippen LogP contribution in [-0.4, -0.2) is 121 Å². The molecule has 3 aliphatic rings. The van der Waals surface area contributed by atoms with Crippen molar-refractivity contribution in [1.29, 1.82) is 5.41 Å². The molecule has 4 aromatic carbocycles. The topological polar surface area (TPSA) is 259 Å². The number of halogens is 3. The molecule has 0 aromatic heterocycles. The van der Waals surface area contributed by atoms with Crippen molar-refractivity contribution in [2.24, 2.45) is 5.11 Å². The van der Waals surface area contributed by atoms with Crippen molar-refractivity contribution in [1.82, 2.24) is 0 Å². The number of ketones is 1. The SMILES string of the molecule is COC(=O)[C@@H]1O[C@@H](O[C@H]2[C@H](OCc3ccccc3)[C@@H](N=[N+]=[N-])C(OC(=N)C(Cl)(Cl)Cl)O[C@@H]2COC(=O)CCC(C)=O)[C@H](OC(C)=O)[C@@H](OCc2ccccc2)[C@@H]1OC(=O)OCC1c2ccccc2-c2ccccc21. The van der Waals surface area contributed by atoms with Crippen LogP contribution < -0.4 is 0 Å². The summed E-state index contributed by atoms with van der Waals surface area (Å²) < 4.78 is 63.8. The minimum Gasteiger partial charge on any atom is -0.467 e. The predicted octanol–water partition coefficient (Wildman–Crippen LogP) is 8.39. The number of carbonyl (C=O) groups is 5. The highest BCUT2D eigenvalue weighted by Gasteiger charge is 2.58. The van der Waals surface area contributed by atoms with Gasteiger partial charge in [0.2, 0.25) is 12.2 Å². The number of hydrogen-bond donors (Lipinski definition) is 1. The summed E-state index contributed by atoms with van der Waals surface area (Å²) in [6.07, 6.45) is -17.2. The lowest BCUT2D eigenvalue weighted by atomic mass is 9.95. The number of nitrogens with zero attached hydrogens (tertiary/aromatic N) is 3. The molecule has 2 fully saturated rings. The van der Waals surface area contributed by atoms with E-state index >= 15 is 0 Å². The zero-order valence-corrected chi connectivity index (χ0v) is 42.3. The minimum atomic E-state index is -2.45. The summed E-state index contributed by atoms with van der Waals surface area (Å²) >= 11 is 18.0. The molecular weight excluding hydrogens is 1030 g/mol. The van der Waals surface area contributed by atoms with Crippen molar-refractivity contribution in [3.63, 3.8) is 0 Å². The molecule has 0 radical (unpaired) electrons. The zero-order valence-electron chi connectivity index (χ0n) is 40.0. The number of methoxy groups -OCH3 is 1. The van der Waals surface area contributed by atoms with Gasteiger partial charge in [0.1, 0.15) is 49.5 Å². The Balaban J connectivity index is 1.27. The van der Waals surface area contributed by atoms with Crippen LogP contribution in [-0.2, 0) is 84.5 Å². The first-order valence-electron chi connectivity index (χ1n) is 23.1. The smallest absolute Gasteiger partial charge is 0.467 e. The van der Waals surface area contributed by atoms with E-state index in [0.717, 1.165) is 36.3 Å². The van der Waals surface area contributed by atoms with Gasteiger partial charge in [-0.05, 0) is 45.8 Å². The van der Waals surface area contributed by atoms with E-state index in [2.05, 4.69) is 10.0 Å². The van der Waals surface area contributed by atoms with Gasteiger partial charge in [0.05, 0.1) is 26.7 Å². The number of alkyl halides is 3. The van der Waals surface area contributed by atoms with Crippen LogP contribution in [0.5, 0.6) is 0 Å². The molecule has 7 rings (SSSR count). The summed E-state index contributed by atoms with van der Waals surface area (Å²) in [6, 6.07) is 31.2. The Bertz CT molecular complexity index is 2630. The lowest BCUT2D eigenvalue weighted by Crippen LogP contribution is -2.67. The molecule has 2 heterocycles. The average Bonchev–Trinajstić information content (AvgIpc) is 3.71. The quantitative estimate of drug-likeness (QED) is 0.0127. The maximum absolute atomic E-state index is 14.0. The highest BCUT2D eigenvalue weighted by molar-refractivity contribution is 6.76. The summed E-state index contributed by atoms with van der Waals surface area (Å²) in [5, 5.41) is 12.3. The highest BCUT2D eigenvalue weighted by atomic mass is 35.6. The Morgan fingerprint density at radius 1 is 0.676 bits per heavy atom. The normalized spacial score (nSPS) is 24.2. The fourth-order valence-corrected chi connectivity index (χ4v) is 8.79. The highest BCUT2D eigenvalue weighted by Crippen LogP contribution is 2.45. The lowest BCUT2D eigenvalue weighted by Gasteiger charge is -2.48. The average molecular weight is 1080 g/mol. The van der Waals surface area contributed by atoms with E-state index in [1.807, 2.05) is 48.5 Å². The molecule has 1 N–H and O–H groups in total. The molecule has 2 aliphatic heterocycles. The van der Waals surface area contributed by atoms with Gasteiger partial charge in [-0.15, -0.1) is 0 Å². The van der Waals surface area contributed by atoms with Crippen LogP contribution in [0.15, 0.2) is 114 Å². The number of nitrogens with one attached hydrogen (secondary N) is 1. The molecule has 20 nitrogen and oxygen atoms in total. The molecule has 392 valence electrons. The van der Waals surface area contributed by atoms with E-state index in [9.17, 15) is 29.5 Å². The fourth-order valence-electron chi connectivity index (χ4n) is 8.65. The molecule has 23 heteroatoms. The van der Waals surface area contributed by atoms with Crippen molar-refractivity contribution >= 4 is 70.5 Å². The van der Waals surface area contributed by atoms with Gasteiger partial charge < -0.3 is 56.9 Å². The Hall–Kier alpha value is -6.32. The molecule has 74 heavy (non-hydrogen) atoms. The number of azide groups is 1. The molecule has 2 saturated heterocycles. The Morgan fingerprint density at radius 2 is 1.26 bits per heavy atom. The maximum Gasteiger partial charge on any atom is 0.508 e. The van der Waals surface area contributed by atoms with Crippen LogP contribution in [0.2, 0.25) is 0 Å². The van der Waals surface area contributed by atoms with Crippen molar-refractivity contribution < 1.29 is 76.1 Å². The number of benzene rings is 4. The Morgan fingerprint density at radius 3 is 1.81 bits per heavy atom. The van der Waals surface area contributed by atoms with Crippen LogP contribution in [0.4, 0.5) is 4.79 Å². The van der Waals surface area contributed by atoms with E-state index in [4.69, 9.17) is 92.3 Å². The van der Waals surface area contributed by atoms with Crippen molar-refractivity contribution in [3.8, 4) is 11.1 Å². The fraction of sp³-hybridized carbons (Fsp3) is 0.412. The first kappa shape index (κ1) is 55.4. The zero-order chi connectivity index (χ0) is 52.9. The van der Waals surface area contributed by atoms with Crippen LogP contribution in [0.1, 0.15) is 54.9 Å². The van der Waals surface area contributed by atoms with Gasteiger partial charge in [0.15, 0.2) is 24.6 Å². The van der Waals surface area contributed by atoms with Gasteiger partial charge in [0, 0.05) is 24.2 Å².